The molecule has 100 valence electrons. The van der Waals surface area contributed by atoms with Gasteiger partial charge in [0.05, 0.1) is 0 Å². The van der Waals surface area contributed by atoms with Gasteiger partial charge in [-0.15, -0.1) is 0 Å². The van der Waals surface area contributed by atoms with E-state index in [2.05, 4.69) is 24.1 Å². The number of benzene rings is 1. The first-order valence-electron chi connectivity index (χ1n) is 6.69. The van der Waals surface area contributed by atoms with Crippen LogP contribution in [0.5, 0.6) is 0 Å². The van der Waals surface area contributed by atoms with Crippen LogP contribution in [0.4, 0.5) is 4.39 Å². The second-order valence-electron chi connectivity index (χ2n) is 5.95. The molecule has 2 rings (SSSR count). The molecule has 1 saturated heterocycles. The molecule has 18 heavy (non-hydrogen) atoms. The first kappa shape index (κ1) is 13.5. The Morgan fingerprint density at radius 3 is 2.89 bits per heavy atom. The number of nitrogens with one attached hydrogen (secondary N) is 1. The van der Waals surface area contributed by atoms with E-state index < -0.39 is 0 Å². The molecule has 2 nitrogen and oxygen atoms in total. The van der Waals surface area contributed by atoms with Crippen molar-refractivity contribution >= 4 is 0 Å². The average Bonchev–Trinajstić information content (AvgIpc) is 2.43. The first-order valence-corrected chi connectivity index (χ1v) is 6.69. The highest BCUT2D eigenvalue weighted by Gasteiger charge is 2.24. The minimum Gasteiger partial charge on any atom is -0.310 e. The lowest BCUT2D eigenvalue weighted by Gasteiger charge is -2.30. The molecule has 1 N–H and O–H groups in total. The second kappa shape index (κ2) is 5.37. The number of aryl methyl sites for hydroxylation is 1. The molecular weight excluding hydrogens is 227 g/mol. The molecule has 0 saturated carbocycles. The Bertz CT molecular complexity index is 415. The standard InChI is InChI=1S/C15H23FN2/c1-12-9-14(16)6-5-13(12)10-18-8-4-7-17-15(2,3)11-18/h5-6,9,17H,4,7-8,10-11H2,1-3H3. The van der Waals surface area contributed by atoms with Crippen LogP contribution in [0.1, 0.15) is 31.4 Å². The smallest absolute Gasteiger partial charge is 0.123 e. The Morgan fingerprint density at radius 1 is 1.39 bits per heavy atom. The molecule has 0 radical (unpaired) electrons. The maximum atomic E-state index is 13.1. The van der Waals surface area contributed by atoms with Gasteiger partial charge in [-0.2, -0.15) is 0 Å². The molecule has 1 aliphatic heterocycles. The van der Waals surface area contributed by atoms with Gasteiger partial charge in [0, 0.05) is 18.6 Å². The average molecular weight is 250 g/mol. The maximum Gasteiger partial charge on any atom is 0.123 e. The number of rotatable bonds is 2. The summed E-state index contributed by atoms with van der Waals surface area (Å²) in [5.41, 5.74) is 2.43. The third kappa shape index (κ3) is 3.53. The fraction of sp³-hybridized carbons (Fsp3) is 0.600. The molecule has 1 aromatic rings. The van der Waals surface area contributed by atoms with E-state index in [9.17, 15) is 4.39 Å². The Hall–Kier alpha value is -0.930. The SMILES string of the molecule is Cc1cc(F)ccc1CN1CCCNC(C)(C)C1. The number of nitrogens with zero attached hydrogens (tertiary/aromatic N) is 1. The molecule has 1 fully saturated rings. The summed E-state index contributed by atoms with van der Waals surface area (Å²) in [6, 6.07) is 5.09. The molecule has 1 aromatic carbocycles. The highest BCUT2D eigenvalue weighted by atomic mass is 19.1. The van der Waals surface area contributed by atoms with Crippen LogP contribution >= 0.6 is 0 Å². The van der Waals surface area contributed by atoms with Crippen molar-refractivity contribution in [2.45, 2.75) is 39.3 Å². The van der Waals surface area contributed by atoms with Gasteiger partial charge in [-0.25, -0.2) is 4.39 Å². The summed E-state index contributed by atoms with van der Waals surface area (Å²) in [5.74, 6) is -0.144. The first-order chi connectivity index (χ1) is 8.46. The minimum atomic E-state index is -0.144. The van der Waals surface area contributed by atoms with E-state index in [4.69, 9.17) is 0 Å². The van der Waals surface area contributed by atoms with E-state index in [1.807, 2.05) is 13.0 Å². The van der Waals surface area contributed by atoms with Gasteiger partial charge in [-0.1, -0.05) is 6.07 Å². The van der Waals surface area contributed by atoms with E-state index in [1.165, 1.54) is 12.0 Å². The van der Waals surface area contributed by atoms with Gasteiger partial charge < -0.3 is 5.32 Å². The molecule has 0 bridgehead atoms. The zero-order valence-corrected chi connectivity index (χ0v) is 11.6. The molecule has 3 heteroatoms. The Balaban J connectivity index is 2.07. The topological polar surface area (TPSA) is 15.3 Å². The van der Waals surface area contributed by atoms with Crippen LogP contribution in [0.3, 0.4) is 0 Å². The number of hydrogen-bond donors (Lipinski definition) is 1. The van der Waals surface area contributed by atoms with E-state index >= 15 is 0 Å². The summed E-state index contributed by atoms with van der Waals surface area (Å²) in [5, 5.41) is 3.56. The van der Waals surface area contributed by atoms with E-state index in [0.717, 1.165) is 31.7 Å². The molecule has 1 aliphatic rings. The van der Waals surface area contributed by atoms with Crippen LogP contribution in [0.15, 0.2) is 18.2 Å². The highest BCUT2D eigenvalue weighted by Crippen LogP contribution is 2.17. The van der Waals surface area contributed by atoms with Crippen molar-refractivity contribution in [2.75, 3.05) is 19.6 Å². The van der Waals surface area contributed by atoms with Crippen LogP contribution in [0, 0.1) is 12.7 Å². The molecule has 0 spiro atoms. The van der Waals surface area contributed by atoms with E-state index in [1.54, 1.807) is 12.1 Å². The predicted molar refractivity (Wildman–Crippen MR) is 73.1 cm³/mol. The normalized spacial score (nSPS) is 20.7. The lowest BCUT2D eigenvalue weighted by Crippen LogP contribution is -2.46. The van der Waals surface area contributed by atoms with Crippen LogP contribution in [-0.4, -0.2) is 30.1 Å². The van der Waals surface area contributed by atoms with Crippen molar-refractivity contribution < 1.29 is 4.39 Å². The monoisotopic (exact) mass is 250 g/mol. The quantitative estimate of drug-likeness (QED) is 0.868. The Morgan fingerprint density at radius 2 is 2.17 bits per heavy atom. The lowest BCUT2D eigenvalue weighted by molar-refractivity contribution is 0.223. The van der Waals surface area contributed by atoms with Crippen molar-refractivity contribution in [3.05, 3.63) is 35.1 Å². The molecule has 0 aliphatic carbocycles. The zero-order valence-electron chi connectivity index (χ0n) is 11.6. The van der Waals surface area contributed by atoms with Crippen molar-refractivity contribution in [2.24, 2.45) is 0 Å². The largest absolute Gasteiger partial charge is 0.310 e. The third-order valence-electron chi connectivity index (χ3n) is 3.57. The van der Waals surface area contributed by atoms with Crippen molar-refractivity contribution in [1.82, 2.24) is 10.2 Å². The van der Waals surface area contributed by atoms with Crippen molar-refractivity contribution in [3.8, 4) is 0 Å². The number of hydrogen-bond acceptors (Lipinski definition) is 2. The summed E-state index contributed by atoms with van der Waals surface area (Å²) in [6.45, 7) is 10.6. The second-order valence-corrected chi connectivity index (χ2v) is 5.95. The summed E-state index contributed by atoms with van der Waals surface area (Å²) < 4.78 is 13.1. The molecule has 0 amide bonds. The van der Waals surface area contributed by atoms with Crippen LogP contribution in [0.2, 0.25) is 0 Å². The van der Waals surface area contributed by atoms with E-state index in [-0.39, 0.29) is 11.4 Å². The minimum absolute atomic E-state index is 0.144. The summed E-state index contributed by atoms with van der Waals surface area (Å²) in [4.78, 5) is 2.46. The maximum absolute atomic E-state index is 13.1. The molecule has 1 heterocycles. The zero-order chi connectivity index (χ0) is 13.2. The lowest BCUT2D eigenvalue weighted by atomic mass is 10.0. The highest BCUT2D eigenvalue weighted by molar-refractivity contribution is 5.26. The van der Waals surface area contributed by atoms with Gasteiger partial charge in [-0.05, 0) is 63.5 Å². The van der Waals surface area contributed by atoms with Gasteiger partial charge in [-0.3, -0.25) is 4.90 Å². The summed E-state index contributed by atoms with van der Waals surface area (Å²) in [6.07, 6.45) is 1.17. The Labute approximate surface area is 109 Å². The van der Waals surface area contributed by atoms with Gasteiger partial charge in [0.25, 0.3) is 0 Å². The van der Waals surface area contributed by atoms with Crippen LogP contribution < -0.4 is 5.32 Å². The molecule has 0 atom stereocenters. The molecule has 0 aromatic heterocycles. The van der Waals surface area contributed by atoms with Gasteiger partial charge in [0.1, 0.15) is 5.82 Å². The van der Waals surface area contributed by atoms with Crippen molar-refractivity contribution in [1.29, 1.82) is 0 Å². The summed E-state index contributed by atoms with van der Waals surface area (Å²) >= 11 is 0. The third-order valence-corrected chi connectivity index (χ3v) is 3.57. The van der Waals surface area contributed by atoms with Crippen molar-refractivity contribution in [3.63, 3.8) is 0 Å². The van der Waals surface area contributed by atoms with Gasteiger partial charge >= 0.3 is 0 Å². The van der Waals surface area contributed by atoms with Gasteiger partial charge in [0.2, 0.25) is 0 Å². The Kier molecular flexibility index (Phi) is 4.03. The molecule has 0 unspecified atom stereocenters. The number of halogens is 1. The predicted octanol–water partition coefficient (Wildman–Crippen LogP) is 2.71. The van der Waals surface area contributed by atoms with E-state index in [0.29, 0.717) is 0 Å². The van der Waals surface area contributed by atoms with Crippen LogP contribution in [0.25, 0.3) is 0 Å². The fourth-order valence-corrected chi connectivity index (χ4v) is 2.64. The summed E-state index contributed by atoms with van der Waals surface area (Å²) in [7, 11) is 0. The molecular formula is C15H23FN2. The van der Waals surface area contributed by atoms with Crippen LogP contribution in [-0.2, 0) is 6.54 Å². The fourth-order valence-electron chi connectivity index (χ4n) is 2.64. The van der Waals surface area contributed by atoms with Gasteiger partial charge in [0.15, 0.2) is 0 Å².